The van der Waals surface area contributed by atoms with E-state index in [0.29, 0.717) is 22.2 Å². The summed E-state index contributed by atoms with van der Waals surface area (Å²) in [4.78, 5) is 9.78. The van der Waals surface area contributed by atoms with Crippen LogP contribution in [0.5, 0.6) is 0 Å². The van der Waals surface area contributed by atoms with Gasteiger partial charge in [-0.25, -0.2) is 18.4 Å². The Bertz CT molecular complexity index is 1620. The smallest absolute Gasteiger partial charge is 0.212 e. The fourth-order valence-corrected chi connectivity index (χ4v) is 6.12. The van der Waals surface area contributed by atoms with Gasteiger partial charge in [-0.2, -0.15) is 0 Å². The van der Waals surface area contributed by atoms with E-state index in [0.717, 1.165) is 11.1 Å². The largest absolute Gasteiger partial charge is 0.384 e. The number of nitrogens with two attached hydrogens (primary N) is 1. The summed E-state index contributed by atoms with van der Waals surface area (Å²) in [6.45, 7) is 5.64. The van der Waals surface area contributed by atoms with Crippen LogP contribution in [-0.4, -0.2) is 23.0 Å². The number of rotatable bonds is 4. The van der Waals surface area contributed by atoms with Crippen LogP contribution >= 0.6 is 0 Å². The van der Waals surface area contributed by atoms with Crippen LogP contribution in [0.1, 0.15) is 29.7 Å². The average Bonchev–Trinajstić information content (AvgIpc) is 3.10. The average molecular weight is 457 g/mol. The second kappa shape index (κ2) is 7.71. The molecule has 33 heavy (non-hydrogen) atoms. The molecule has 7 heteroatoms. The molecule has 2 aromatic heterocycles. The van der Waals surface area contributed by atoms with Gasteiger partial charge in [0, 0.05) is 0 Å². The number of para-hydroxylation sites is 2. The van der Waals surface area contributed by atoms with Crippen molar-refractivity contribution in [1.82, 2.24) is 14.5 Å². The Balaban J connectivity index is 1.89. The third-order valence-electron chi connectivity index (χ3n) is 6.06. The quantitative estimate of drug-likeness (QED) is 0.400. The molecule has 0 spiro atoms. The van der Waals surface area contributed by atoms with Gasteiger partial charge < -0.3 is 10.3 Å². The number of hydrogen-bond donors (Lipinski definition) is 1. The molecule has 2 N–H and O–H groups in total. The number of nitrogens with zero attached hydrogens (tertiary/aromatic N) is 3. The molecule has 0 aliphatic rings. The summed E-state index contributed by atoms with van der Waals surface area (Å²) in [5.41, 5.74) is 11.2. The first-order valence-electron chi connectivity index (χ1n) is 10.7. The van der Waals surface area contributed by atoms with Gasteiger partial charge in [-0.3, -0.25) is 0 Å². The summed E-state index contributed by atoms with van der Waals surface area (Å²) < 4.78 is 29.8. The molecule has 0 bridgehead atoms. The summed E-state index contributed by atoms with van der Waals surface area (Å²) in [7, 11) is -3.96. The highest BCUT2D eigenvalue weighted by Gasteiger charge is 2.32. The molecule has 3 aromatic carbocycles. The molecular formula is C26H24N4O2S. The van der Waals surface area contributed by atoms with E-state index in [1.165, 1.54) is 0 Å². The standard InChI is InChI=1S/C26H24N4O2S/c1-16-13-14-17(2)22(15-16)33(31,32)24-23-26(29-21-12-8-7-11-20(21)28-23)30(25(24)27)18(3)19-9-5-4-6-10-19/h4-15,18H,27H2,1-3H3. The summed E-state index contributed by atoms with van der Waals surface area (Å²) in [5, 5.41) is 0. The Morgan fingerprint density at radius 2 is 1.52 bits per heavy atom. The lowest BCUT2D eigenvalue weighted by Crippen LogP contribution is -2.13. The Labute approximate surface area is 192 Å². The van der Waals surface area contributed by atoms with Gasteiger partial charge in [-0.05, 0) is 55.7 Å². The number of hydrogen-bond acceptors (Lipinski definition) is 5. The lowest BCUT2D eigenvalue weighted by Gasteiger charge is -2.17. The van der Waals surface area contributed by atoms with Crippen molar-refractivity contribution in [3.05, 3.63) is 89.5 Å². The van der Waals surface area contributed by atoms with Crippen molar-refractivity contribution in [2.24, 2.45) is 0 Å². The molecule has 2 heterocycles. The topological polar surface area (TPSA) is 90.9 Å². The number of benzene rings is 3. The number of anilines is 1. The minimum Gasteiger partial charge on any atom is -0.384 e. The SMILES string of the molecule is Cc1ccc(C)c(S(=O)(=O)c2c(N)n(C(C)c3ccccc3)c3nc4ccccc4nc23)c1. The number of fused-ring (bicyclic) bond motifs is 2. The summed E-state index contributed by atoms with van der Waals surface area (Å²) in [5.74, 6) is 0.137. The molecule has 1 atom stereocenters. The monoisotopic (exact) mass is 456 g/mol. The third kappa shape index (κ3) is 3.36. The second-order valence-corrected chi connectivity index (χ2v) is 10.2. The maximum atomic E-state index is 14.0. The molecule has 5 aromatic rings. The van der Waals surface area contributed by atoms with E-state index in [9.17, 15) is 8.42 Å². The van der Waals surface area contributed by atoms with E-state index in [1.54, 1.807) is 17.6 Å². The van der Waals surface area contributed by atoms with E-state index < -0.39 is 9.84 Å². The van der Waals surface area contributed by atoms with E-state index >= 15 is 0 Å². The van der Waals surface area contributed by atoms with E-state index in [2.05, 4.69) is 0 Å². The van der Waals surface area contributed by atoms with Crippen molar-refractivity contribution >= 4 is 37.9 Å². The fourth-order valence-electron chi connectivity index (χ4n) is 4.30. The van der Waals surface area contributed by atoms with Gasteiger partial charge in [0.2, 0.25) is 9.84 Å². The van der Waals surface area contributed by atoms with Gasteiger partial charge in [0.25, 0.3) is 0 Å². The van der Waals surface area contributed by atoms with Gasteiger partial charge in [-0.15, -0.1) is 0 Å². The van der Waals surface area contributed by atoms with Crippen molar-refractivity contribution in [2.75, 3.05) is 5.73 Å². The van der Waals surface area contributed by atoms with Crippen LogP contribution in [0.15, 0.2) is 82.6 Å². The number of sulfone groups is 1. The Morgan fingerprint density at radius 3 is 2.21 bits per heavy atom. The van der Waals surface area contributed by atoms with Gasteiger partial charge >= 0.3 is 0 Å². The minimum absolute atomic E-state index is 0.00670. The van der Waals surface area contributed by atoms with Crippen LogP contribution in [-0.2, 0) is 9.84 Å². The summed E-state index contributed by atoms with van der Waals surface area (Å²) >= 11 is 0. The zero-order valence-electron chi connectivity index (χ0n) is 18.6. The first-order valence-corrected chi connectivity index (χ1v) is 12.2. The molecule has 0 fully saturated rings. The number of nitrogen functional groups attached to an aromatic ring is 1. The lowest BCUT2D eigenvalue weighted by molar-refractivity contribution is 0.595. The molecule has 0 aliphatic carbocycles. The van der Waals surface area contributed by atoms with Crippen LogP contribution in [0.3, 0.4) is 0 Å². The van der Waals surface area contributed by atoms with Crippen LogP contribution in [0, 0.1) is 13.8 Å². The Morgan fingerprint density at radius 1 is 0.879 bits per heavy atom. The summed E-state index contributed by atoms with van der Waals surface area (Å²) in [6, 6.07) is 22.4. The van der Waals surface area contributed by atoms with Gasteiger partial charge in [0.15, 0.2) is 5.65 Å². The Hall–Kier alpha value is -3.71. The number of aromatic nitrogens is 3. The third-order valence-corrected chi connectivity index (χ3v) is 8.02. The molecule has 1 unspecified atom stereocenters. The first kappa shape index (κ1) is 21.2. The van der Waals surface area contributed by atoms with E-state index in [1.807, 2.05) is 80.6 Å². The molecule has 166 valence electrons. The molecule has 0 saturated carbocycles. The maximum Gasteiger partial charge on any atom is 0.212 e. The molecule has 0 aliphatic heterocycles. The fraction of sp³-hybridized carbons (Fsp3) is 0.154. The van der Waals surface area contributed by atoms with E-state index in [4.69, 9.17) is 15.7 Å². The minimum atomic E-state index is -3.96. The van der Waals surface area contributed by atoms with E-state index in [-0.39, 0.29) is 27.2 Å². The summed E-state index contributed by atoms with van der Waals surface area (Å²) in [6.07, 6.45) is 0. The molecule has 5 rings (SSSR count). The maximum absolute atomic E-state index is 14.0. The molecule has 0 radical (unpaired) electrons. The number of aryl methyl sites for hydroxylation is 2. The highest BCUT2D eigenvalue weighted by atomic mass is 32.2. The van der Waals surface area contributed by atoms with Gasteiger partial charge in [0.1, 0.15) is 16.2 Å². The van der Waals surface area contributed by atoms with Crippen molar-refractivity contribution in [2.45, 2.75) is 36.6 Å². The normalized spacial score (nSPS) is 12.9. The second-order valence-electron chi connectivity index (χ2n) is 8.33. The highest BCUT2D eigenvalue weighted by molar-refractivity contribution is 7.92. The van der Waals surface area contributed by atoms with Crippen molar-refractivity contribution in [3.8, 4) is 0 Å². The molecular weight excluding hydrogens is 432 g/mol. The zero-order valence-corrected chi connectivity index (χ0v) is 19.5. The predicted molar refractivity (Wildman–Crippen MR) is 131 cm³/mol. The molecule has 6 nitrogen and oxygen atoms in total. The molecule has 0 saturated heterocycles. The van der Waals surface area contributed by atoms with Crippen LogP contribution in [0.2, 0.25) is 0 Å². The van der Waals surface area contributed by atoms with Crippen LogP contribution in [0.4, 0.5) is 5.82 Å². The van der Waals surface area contributed by atoms with Crippen molar-refractivity contribution in [3.63, 3.8) is 0 Å². The Kier molecular flexibility index (Phi) is 4.94. The highest BCUT2D eigenvalue weighted by Crippen LogP contribution is 2.39. The van der Waals surface area contributed by atoms with Crippen molar-refractivity contribution < 1.29 is 8.42 Å². The predicted octanol–water partition coefficient (Wildman–Crippen LogP) is 5.23. The van der Waals surface area contributed by atoms with Gasteiger partial charge in [-0.1, -0.05) is 54.6 Å². The van der Waals surface area contributed by atoms with Crippen LogP contribution < -0.4 is 5.73 Å². The zero-order chi connectivity index (χ0) is 23.3. The van der Waals surface area contributed by atoms with Crippen LogP contribution in [0.25, 0.3) is 22.2 Å². The first-order chi connectivity index (χ1) is 15.8. The van der Waals surface area contributed by atoms with Gasteiger partial charge in [0.05, 0.1) is 22.0 Å². The lowest BCUT2D eigenvalue weighted by atomic mass is 10.1. The van der Waals surface area contributed by atoms with Crippen molar-refractivity contribution in [1.29, 1.82) is 0 Å². The molecule has 0 amide bonds.